The number of benzene rings is 1. The van der Waals surface area contributed by atoms with E-state index in [-0.39, 0.29) is 17.3 Å². The first-order valence-corrected chi connectivity index (χ1v) is 9.96. The molecular weight excluding hydrogens is 419 g/mol. The Balaban J connectivity index is 1.67. The number of hydrazone groups is 1. The number of nitrogens with one attached hydrogen (secondary N) is 1. The highest BCUT2D eigenvalue weighted by atomic mass is 35.5. The molecular formula is C19H14Cl2N4O2S. The van der Waals surface area contributed by atoms with Crippen LogP contribution in [0.4, 0.5) is 0 Å². The number of halogens is 2. The van der Waals surface area contributed by atoms with Gasteiger partial charge >= 0.3 is 0 Å². The van der Waals surface area contributed by atoms with Gasteiger partial charge in [0, 0.05) is 16.5 Å². The second-order valence-electron chi connectivity index (χ2n) is 6.44. The smallest absolute Gasteiger partial charge is 0.283 e. The van der Waals surface area contributed by atoms with Crippen molar-refractivity contribution in [2.75, 3.05) is 0 Å². The van der Waals surface area contributed by atoms with Gasteiger partial charge in [0.05, 0.1) is 10.6 Å². The lowest BCUT2D eigenvalue weighted by Gasteiger charge is -2.19. The van der Waals surface area contributed by atoms with E-state index in [1.807, 2.05) is 13.8 Å². The van der Waals surface area contributed by atoms with Gasteiger partial charge in [-0.25, -0.2) is 0 Å². The topological polar surface area (TPSA) is 82.0 Å². The molecule has 1 aromatic heterocycles. The molecule has 6 nitrogen and oxygen atoms in total. The molecule has 1 N–H and O–H groups in total. The Hall–Kier alpha value is -2.35. The van der Waals surface area contributed by atoms with Crippen LogP contribution in [0, 0.1) is 11.3 Å². The van der Waals surface area contributed by atoms with Crippen molar-refractivity contribution in [3.8, 4) is 11.3 Å². The summed E-state index contributed by atoms with van der Waals surface area (Å²) in [6.45, 7) is 4.00. The normalized spacial score (nSPS) is 18.0. The Labute approximate surface area is 175 Å². The minimum atomic E-state index is -0.498. The highest BCUT2D eigenvalue weighted by molar-refractivity contribution is 8.27. The van der Waals surface area contributed by atoms with E-state index in [1.165, 1.54) is 22.8 Å². The van der Waals surface area contributed by atoms with Gasteiger partial charge in [-0.2, -0.15) is 15.1 Å². The first-order valence-electron chi connectivity index (χ1n) is 8.39. The lowest BCUT2D eigenvalue weighted by Crippen LogP contribution is -2.35. The fraction of sp³-hybridized carbons (Fsp3) is 0.158. The van der Waals surface area contributed by atoms with Gasteiger partial charge in [0.25, 0.3) is 5.91 Å². The van der Waals surface area contributed by atoms with Crippen molar-refractivity contribution in [1.82, 2.24) is 5.01 Å². The third-order valence-electron chi connectivity index (χ3n) is 4.07. The summed E-state index contributed by atoms with van der Waals surface area (Å²) in [5.74, 6) is 0.566. The molecule has 0 aliphatic carbocycles. The number of hydrogen-bond acceptors (Lipinski definition) is 5. The predicted octanol–water partition coefficient (Wildman–Crippen LogP) is 5.53. The van der Waals surface area contributed by atoms with Crippen molar-refractivity contribution in [3.63, 3.8) is 0 Å². The van der Waals surface area contributed by atoms with Crippen molar-refractivity contribution in [2.45, 2.75) is 13.8 Å². The first kappa shape index (κ1) is 19.0. The average Bonchev–Trinajstić information content (AvgIpc) is 3.28. The largest absolute Gasteiger partial charge is 0.457 e. The SMILES string of the molecule is CC(C)C1=NN2C(=N)/C(=C/c3ccc(-c4cc(Cl)ccc4Cl)o3)C(=O)N=C2S1. The number of carbonyl (C=O) groups excluding carboxylic acids is 1. The Morgan fingerprint density at radius 2 is 2.04 bits per heavy atom. The van der Waals surface area contributed by atoms with Gasteiger partial charge < -0.3 is 4.42 Å². The molecule has 4 rings (SSSR count). The van der Waals surface area contributed by atoms with Crippen molar-refractivity contribution in [3.05, 3.63) is 51.7 Å². The fourth-order valence-corrected chi connectivity index (χ4v) is 3.92. The molecule has 0 saturated carbocycles. The van der Waals surface area contributed by atoms with E-state index in [9.17, 15) is 4.79 Å². The summed E-state index contributed by atoms with van der Waals surface area (Å²) >= 11 is 13.6. The molecule has 0 fully saturated rings. The number of fused-ring (bicyclic) bond motifs is 1. The molecule has 28 heavy (non-hydrogen) atoms. The third-order valence-corrected chi connectivity index (χ3v) is 5.84. The number of thioether (sulfide) groups is 1. The van der Waals surface area contributed by atoms with Crippen LogP contribution < -0.4 is 0 Å². The van der Waals surface area contributed by atoms with E-state index in [1.54, 1.807) is 30.3 Å². The molecule has 0 saturated heterocycles. The van der Waals surface area contributed by atoms with Gasteiger partial charge in [-0.05, 0) is 48.2 Å². The zero-order chi connectivity index (χ0) is 20.0. The van der Waals surface area contributed by atoms with Crippen LogP contribution in [-0.4, -0.2) is 27.0 Å². The number of hydrogen-bond donors (Lipinski definition) is 1. The molecule has 0 radical (unpaired) electrons. The molecule has 2 aliphatic rings. The lowest BCUT2D eigenvalue weighted by atomic mass is 10.1. The number of aliphatic imine (C=N–C) groups is 1. The molecule has 2 aliphatic heterocycles. The van der Waals surface area contributed by atoms with E-state index in [2.05, 4.69) is 10.1 Å². The van der Waals surface area contributed by atoms with E-state index in [0.717, 1.165) is 5.04 Å². The van der Waals surface area contributed by atoms with Gasteiger partial charge in [0.2, 0.25) is 5.17 Å². The quantitative estimate of drug-likeness (QED) is 0.646. The van der Waals surface area contributed by atoms with Crippen molar-refractivity contribution < 1.29 is 9.21 Å². The zero-order valence-corrected chi connectivity index (χ0v) is 17.2. The molecule has 3 heterocycles. The van der Waals surface area contributed by atoms with E-state index in [4.69, 9.17) is 33.0 Å². The maximum absolute atomic E-state index is 12.4. The second-order valence-corrected chi connectivity index (χ2v) is 8.27. The molecule has 0 bridgehead atoms. The van der Waals surface area contributed by atoms with Crippen LogP contribution in [0.15, 0.2) is 50.4 Å². The number of carbonyl (C=O) groups is 1. The van der Waals surface area contributed by atoms with Crippen molar-refractivity contribution in [1.29, 1.82) is 5.41 Å². The molecule has 1 aromatic carbocycles. The molecule has 0 unspecified atom stereocenters. The maximum Gasteiger partial charge on any atom is 0.283 e. The van der Waals surface area contributed by atoms with Crippen LogP contribution >= 0.6 is 35.0 Å². The van der Waals surface area contributed by atoms with Crippen LogP contribution in [-0.2, 0) is 4.79 Å². The summed E-state index contributed by atoms with van der Waals surface area (Å²) in [6, 6.07) is 8.51. The van der Waals surface area contributed by atoms with Gasteiger partial charge in [0.1, 0.15) is 16.6 Å². The lowest BCUT2D eigenvalue weighted by molar-refractivity contribution is -0.114. The maximum atomic E-state index is 12.4. The summed E-state index contributed by atoms with van der Waals surface area (Å²) in [4.78, 5) is 16.5. The van der Waals surface area contributed by atoms with Gasteiger partial charge in [0.15, 0.2) is 5.84 Å². The number of nitrogens with zero attached hydrogens (tertiary/aromatic N) is 3. The molecule has 9 heteroatoms. The number of amides is 1. The number of amidine groups is 2. The Morgan fingerprint density at radius 1 is 1.25 bits per heavy atom. The van der Waals surface area contributed by atoms with Crippen molar-refractivity contribution in [2.24, 2.45) is 16.0 Å². The van der Waals surface area contributed by atoms with E-state index in [0.29, 0.717) is 32.3 Å². The summed E-state index contributed by atoms with van der Waals surface area (Å²) in [6.07, 6.45) is 1.49. The van der Waals surface area contributed by atoms with Gasteiger partial charge in [-0.15, -0.1) is 0 Å². The summed E-state index contributed by atoms with van der Waals surface area (Å²) in [5, 5.41) is 16.4. The number of rotatable bonds is 3. The second kappa shape index (κ2) is 7.24. The van der Waals surface area contributed by atoms with Crippen LogP contribution in [0.25, 0.3) is 17.4 Å². The molecule has 142 valence electrons. The van der Waals surface area contributed by atoms with E-state index >= 15 is 0 Å². The van der Waals surface area contributed by atoms with Crippen LogP contribution in [0.1, 0.15) is 19.6 Å². The first-order chi connectivity index (χ1) is 13.3. The molecule has 1 amide bonds. The van der Waals surface area contributed by atoms with Crippen LogP contribution in [0.5, 0.6) is 0 Å². The standard InChI is InChI=1S/C19H14Cl2N4O2S/c1-9(2)18-24-25-16(22)13(17(26)23-19(25)28-18)8-11-4-6-15(27-11)12-7-10(20)3-5-14(12)21/h3-9,22H,1-2H3/b13-8-,22-16?. The number of furan rings is 1. The van der Waals surface area contributed by atoms with Crippen LogP contribution in [0.3, 0.4) is 0 Å². The molecule has 0 atom stereocenters. The Bertz CT molecular complexity index is 1100. The average molecular weight is 433 g/mol. The Kier molecular flexibility index (Phi) is 4.91. The summed E-state index contributed by atoms with van der Waals surface area (Å²) < 4.78 is 5.80. The van der Waals surface area contributed by atoms with E-state index < -0.39 is 5.91 Å². The minimum Gasteiger partial charge on any atom is -0.457 e. The predicted molar refractivity (Wildman–Crippen MR) is 114 cm³/mol. The minimum absolute atomic E-state index is 0.0307. The van der Waals surface area contributed by atoms with Crippen LogP contribution in [0.2, 0.25) is 10.0 Å². The fourth-order valence-electron chi connectivity index (χ4n) is 2.64. The highest BCUT2D eigenvalue weighted by Gasteiger charge is 2.36. The zero-order valence-electron chi connectivity index (χ0n) is 14.9. The third kappa shape index (κ3) is 3.41. The van der Waals surface area contributed by atoms with Gasteiger partial charge in [-0.3, -0.25) is 10.2 Å². The Morgan fingerprint density at radius 3 is 2.79 bits per heavy atom. The summed E-state index contributed by atoms with van der Waals surface area (Å²) in [7, 11) is 0. The van der Waals surface area contributed by atoms with Crippen molar-refractivity contribution >= 4 is 63.0 Å². The molecule has 2 aromatic rings. The monoisotopic (exact) mass is 432 g/mol. The van der Waals surface area contributed by atoms with Gasteiger partial charge in [-0.1, -0.05) is 37.0 Å². The molecule has 0 spiro atoms. The highest BCUT2D eigenvalue weighted by Crippen LogP contribution is 2.34. The summed E-state index contributed by atoms with van der Waals surface area (Å²) in [5.41, 5.74) is 0.752.